The molecule has 7 nitrogen and oxygen atoms in total. The van der Waals surface area contributed by atoms with Crippen molar-refractivity contribution >= 4 is 10.2 Å². The van der Waals surface area contributed by atoms with Crippen molar-refractivity contribution in [1.29, 1.82) is 0 Å². The summed E-state index contributed by atoms with van der Waals surface area (Å²) < 4.78 is 30.0. The second-order valence-electron chi connectivity index (χ2n) is 3.66. The van der Waals surface area contributed by atoms with E-state index in [1.54, 1.807) is 12.1 Å². The predicted molar refractivity (Wildman–Crippen MR) is 60.7 cm³/mol. The first-order valence-corrected chi connectivity index (χ1v) is 6.77. The summed E-state index contributed by atoms with van der Waals surface area (Å²) >= 11 is 0. The van der Waals surface area contributed by atoms with Gasteiger partial charge < -0.3 is 10.5 Å². The number of hydrogen-bond donors (Lipinski definition) is 2. The summed E-state index contributed by atoms with van der Waals surface area (Å²) in [6, 6.07) is 0. The van der Waals surface area contributed by atoms with Crippen LogP contribution in [-0.2, 0) is 14.9 Å². The molecule has 1 aliphatic heterocycles. The summed E-state index contributed by atoms with van der Waals surface area (Å²) in [4.78, 5) is 2.51. The molecule has 1 rings (SSSR count). The Hall–Kier alpha value is -0.250. The molecule has 0 amide bonds. The van der Waals surface area contributed by atoms with E-state index < -0.39 is 10.2 Å². The van der Waals surface area contributed by atoms with Gasteiger partial charge in [-0.15, -0.1) is 4.83 Å². The van der Waals surface area contributed by atoms with Crippen molar-refractivity contribution in [1.82, 2.24) is 14.1 Å². The van der Waals surface area contributed by atoms with Crippen molar-refractivity contribution in [2.75, 3.05) is 46.4 Å². The van der Waals surface area contributed by atoms with Crippen molar-refractivity contribution in [2.45, 2.75) is 6.42 Å². The van der Waals surface area contributed by atoms with Crippen LogP contribution in [0, 0.1) is 0 Å². The van der Waals surface area contributed by atoms with Crippen molar-refractivity contribution in [3.05, 3.63) is 0 Å². The van der Waals surface area contributed by atoms with Gasteiger partial charge >= 0.3 is 0 Å². The van der Waals surface area contributed by atoms with Crippen LogP contribution in [0.3, 0.4) is 0 Å². The molecular weight excluding hydrogens is 232 g/mol. The van der Waals surface area contributed by atoms with E-state index >= 15 is 0 Å². The Kier molecular flexibility index (Phi) is 5.59. The van der Waals surface area contributed by atoms with Crippen molar-refractivity contribution in [3.63, 3.8) is 0 Å². The van der Waals surface area contributed by atoms with E-state index in [4.69, 9.17) is 10.5 Å². The molecule has 0 saturated carbocycles. The highest BCUT2D eigenvalue weighted by Crippen LogP contribution is 1.99. The fourth-order valence-corrected chi connectivity index (χ4v) is 2.34. The summed E-state index contributed by atoms with van der Waals surface area (Å²) in [5.74, 6) is 0. The van der Waals surface area contributed by atoms with E-state index in [-0.39, 0.29) is 0 Å². The van der Waals surface area contributed by atoms with Gasteiger partial charge in [0.15, 0.2) is 0 Å². The van der Waals surface area contributed by atoms with Crippen LogP contribution in [0.25, 0.3) is 0 Å². The number of nitrogens with zero attached hydrogens (tertiary/aromatic N) is 2. The molecule has 16 heavy (non-hydrogen) atoms. The van der Waals surface area contributed by atoms with Gasteiger partial charge in [-0.05, 0) is 13.0 Å². The van der Waals surface area contributed by atoms with Crippen LogP contribution in [0.15, 0.2) is 0 Å². The smallest absolute Gasteiger partial charge is 0.292 e. The largest absolute Gasteiger partial charge is 0.379 e. The number of ether oxygens (including phenoxy) is 1. The van der Waals surface area contributed by atoms with E-state index in [1.165, 1.54) is 4.31 Å². The minimum atomic E-state index is -3.43. The zero-order valence-corrected chi connectivity index (χ0v) is 10.4. The SMILES string of the molecule is CN(CCCN)S(=O)(=O)NN1CCOCC1. The Bertz CT molecular complexity index is 290. The summed E-state index contributed by atoms with van der Waals surface area (Å²) in [5.41, 5.74) is 5.34. The van der Waals surface area contributed by atoms with Crippen molar-refractivity contribution < 1.29 is 13.2 Å². The number of morpholine rings is 1. The second-order valence-corrected chi connectivity index (χ2v) is 5.42. The lowest BCUT2D eigenvalue weighted by Gasteiger charge is -2.28. The molecule has 0 atom stereocenters. The Morgan fingerprint density at radius 2 is 2.06 bits per heavy atom. The minimum Gasteiger partial charge on any atom is -0.379 e. The summed E-state index contributed by atoms with van der Waals surface area (Å²) in [5, 5.41) is 1.65. The van der Waals surface area contributed by atoms with Crippen LogP contribution in [-0.4, -0.2) is 64.2 Å². The maximum absolute atomic E-state index is 11.8. The van der Waals surface area contributed by atoms with Crippen LogP contribution in [0.2, 0.25) is 0 Å². The zero-order chi connectivity index (χ0) is 12.0. The van der Waals surface area contributed by atoms with E-state index in [1.807, 2.05) is 0 Å². The van der Waals surface area contributed by atoms with E-state index in [0.29, 0.717) is 45.8 Å². The fourth-order valence-electron chi connectivity index (χ4n) is 1.32. The monoisotopic (exact) mass is 252 g/mol. The predicted octanol–water partition coefficient (Wildman–Crippen LogP) is -1.65. The molecule has 0 aliphatic carbocycles. The first-order chi connectivity index (χ1) is 7.56. The lowest BCUT2D eigenvalue weighted by Crippen LogP contribution is -2.52. The highest BCUT2D eigenvalue weighted by Gasteiger charge is 2.21. The molecule has 96 valence electrons. The Balaban J connectivity index is 2.42. The van der Waals surface area contributed by atoms with Gasteiger partial charge in [-0.2, -0.15) is 12.7 Å². The third-order valence-corrected chi connectivity index (χ3v) is 3.84. The molecule has 0 aromatic heterocycles. The Morgan fingerprint density at radius 1 is 1.44 bits per heavy atom. The highest BCUT2D eigenvalue weighted by molar-refractivity contribution is 7.87. The number of rotatable bonds is 6. The lowest BCUT2D eigenvalue weighted by molar-refractivity contribution is 0.0263. The topological polar surface area (TPSA) is 87.9 Å². The van der Waals surface area contributed by atoms with E-state index in [0.717, 1.165) is 0 Å². The first-order valence-electron chi connectivity index (χ1n) is 5.33. The third-order valence-electron chi connectivity index (χ3n) is 2.34. The van der Waals surface area contributed by atoms with Gasteiger partial charge in [0.05, 0.1) is 13.2 Å². The molecule has 1 saturated heterocycles. The molecule has 1 heterocycles. The molecule has 0 aromatic rings. The van der Waals surface area contributed by atoms with Gasteiger partial charge in [0.2, 0.25) is 0 Å². The summed E-state index contributed by atoms with van der Waals surface area (Å²) in [6.45, 7) is 3.16. The Labute approximate surface area is 96.7 Å². The maximum Gasteiger partial charge on any atom is 0.292 e. The van der Waals surface area contributed by atoms with Crippen LogP contribution in [0.1, 0.15) is 6.42 Å². The molecule has 0 aromatic carbocycles. The van der Waals surface area contributed by atoms with Gasteiger partial charge in [0.25, 0.3) is 10.2 Å². The standard InChI is InChI=1S/C8H20N4O3S/c1-11(4-2-3-9)16(13,14)10-12-5-7-15-8-6-12/h10H,2-9H2,1H3. The van der Waals surface area contributed by atoms with Gasteiger partial charge in [-0.3, -0.25) is 0 Å². The molecule has 0 unspecified atom stereocenters. The molecule has 3 N–H and O–H groups in total. The normalized spacial score (nSPS) is 19.2. The quantitative estimate of drug-likeness (QED) is 0.591. The fraction of sp³-hybridized carbons (Fsp3) is 1.00. The van der Waals surface area contributed by atoms with Gasteiger partial charge in [-0.25, -0.2) is 5.01 Å². The average Bonchev–Trinajstić information content (AvgIpc) is 2.26. The minimum absolute atomic E-state index is 0.427. The van der Waals surface area contributed by atoms with Crippen molar-refractivity contribution in [2.24, 2.45) is 5.73 Å². The lowest BCUT2D eigenvalue weighted by atomic mass is 10.4. The average molecular weight is 252 g/mol. The summed E-state index contributed by atoms with van der Waals surface area (Å²) in [6.07, 6.45) is 0.653. The number of nitrogens with two attached hydrogens (primary N) is 1. The second kappa shape index (κ2) is 6.48. The highest BCUT2D eigenvalue weighted by atomic mass is 32.2. The van der Waals surface area contributed by atoms with Gasteiger partial charge in [-0.1, -0.05) is 0 Å². The number of nitrogens with one attached hydrogen (secondary N) is 1. The molecule has 8 heteroatoms. The molecular formula is C8H20N4O3S. The van der Waals surface area contributed by atoms with Crippen molar-refractivity contribution in [3.8, 4) is 0 Å². The first kappa shape index (κ1) is 13.8. The van der Waals surface area contributed by atoms with E-state index in [9.17, 15) is 8.42 Å². The third kappa shape index (κ3) is 4.32. The van der Waals surface area contributed by atoms with Crippen LogP contribution in [0.4, 0.5) is 0 Å². The van der Waals surface area contributed by atoms with Gasteiger partial charge in [0, 0.05) is 26.7 Å². The summed E-state index contributed by atoms with van der Waals surface area (Å²) in [7, 11) is -1.89. The zero-order valence-electron chi connectivity index (χ0n) is 9.55. The molecule has 0 spiro atoms. The van der Waals surface area contributed by atoms with E-state index in [2.05, 4.69) is 4.83 Å². The number of hydrazine groups is 1. The molecule has 0 radical (unpaired) electrons. The number of hydrogen-bond acceptors (Lipinski definition) is 5. The Morgan fingerprint density at radius 3 is 2.62 bits per heavy atom. The molecule has 0 bridgehead atoms. The van der Waals surface area contributed by atoms with Crippen LogP contribution in [0.5, 0.6) is 0 Å². The molecule has 1 fully saturated rings. The molecule has 1 aliphatic rings. The maximum atomic E-state index is 11.8. The van der Waals surface area contributed by atoms with Crippen LogP contribution < -0.4 is 10.6 Å². The van der Waals surface area contributed by atoms with Gasteiger partial charge in [0.1, 0.15) is 0 Å². The van der Waals surface area contributed by atoms with Crippen LogP contribution >= 0.6 is 0 Å².